The number of hydrogen-bond acceptors (Lipinski definition) is 5. The zero-order valence-corrected chi connectivity index (χ0v) is 14.8. The molecule has 0 aliphatic heterocycles. The summed E-state index contributed by atoms with van der Waals surface area (Å²) >= 11 is 11.8. The number of rotatable bonds is 9. The summed E-state index contributed by atoms with van der Waals surface area (Å²) in [7, 11) is -3.46. The Morgan fingerprint density at radius 3 is 2.36 bits per heavy atom. The molecule has 0 saturated carbocycles. The molecule has 1 aromatic carbocycles. The van der Waals surface area contributed by atoms with Crippen molar-refractivity contribution in [2.75, 3.05) is 19.4 Å². The molecule has 0 saturated heterocycles. The van der Waals surface area contributed by atoms with Crippen molar-refractivity contribution in [1.82, 2.24) is 0 Å². The van der Waals surface area contributed by atoms with Crippen LogP contribution < -0.4 is 0 Å². The lowest BCUT2D eigenvalue weighted by Crippen LogP contribution is -2.13. The number of carbonyl (C=O) groups is 1. The van der Waals surface area contributed by atoms with E-state index in [-0.39, 0.29) is 30.8 Å². The van der Waals surface area contributed by atoms with Crippen LogP contribution in [0.5, 0.6) is 0 Å². The molecule has 0 bridgehead atoms. The maximum absolute atomic E-state index is 12.3. The van der Waals surface area contributed by atoms with Gasteiger partial charge in [0.1, 0.15) is 11.9 Å². The SMILES string of the molecule is CCOP(=O)(CC(=O)CC(O)c1ccc(Cl)cc1Cl)OCC. The minimum absolute atomic E-state index is 0.177. The third-order valence-electron chi connectivity index (χ3n) is 2.76. The lowest BCUT2D eigenvalue weighted by Gasteiger charge is -2.17. The summed E-state index contributed by atoms with van der Waals surface area (Å²) in [5, 5.41) is 10.8. The molecule has 0 fully saturated rings. The summed E-state index contributed by atoms with van der Waals surface area (Å²) in [6.07, 6.45) is -1.71. The largest absolute Gasteiger partial charge is 0.388 e. The van der Waals surface area contributed by atoms with E-state index < -0.39 is 19.5 Å². The van der Waals surface area contributed by atoms with Gasteiger partial charge in [-0.3, -0.25) is 9.36 Å². The second kappa shape index (κ2) is 9.02. The van der Waals surface area contributed by atoms with Gasteiger partial charge in [0.25, 0.3) is 0 Å². The van der Waals surface area contributed by atoms with E-state index in [2.05, 4.69) is 0 Å². The second-order valence-corrected chi connectivity index (χ2v) is 7.43. The highest BCUT2D eigenvalue weighted by Gasteiger charge is 2.29. The second-order valence-electron chi connectivity index (χ2n) is 4.53. The Balaban J connectivity index is 2.72. The highest BCUT2D eigenvalue weighted by atomic mass is 35.5. The topological polar surface area (TPSA) is 72.8 Å². The molecule has 0 aromatic heterocycles. The van der Waals surface area contributed by atoms with Crippen LogP contribution in [0.1, 0.15) is 31.9 Å². The van der Waals surface area contributed by atoms with Crippen molar-refractivity contribution in [3.8, 4) is 0 Å². The summed E-state index contributed by atoms with van der Waals surface area (Å²) in [6.45, 7) is 3.68. The fraction of sp³-hybridized carbons (Fsp3) is 0.500. The molecule has 1 aromatic rings. The number of benzene rings is 1. The summed E-state index contributed by atoms with van der Waals surface area (Å²) in [4.78, 5) is 12.0. The van der Waals surface area contributed by atoms with Crippen molar-refractivity contribution in [3.05, 3.63) is 33.8 Å². The van der Waals surface area contributed by atoms with Gasteiger partial charge < -0.3 is 14.2 Å². The average Bonchev–Trinajstić information content (AvgIpc) is 2.38. The highest BCUT2D eigenvalue weighted by molar-refractivity contribution is 7.54. The van der Waals surface area contributed by atoms with E-state index in [9.17, 15) is 14.5 Å². The van der Waals surface area contributed by atoms with Crippen LogP contribution in [0, 0.1) is 0 Å². The number of ketones is 1. The molecule has 0 heterocycles. The Morgan fingerprint density at radius 2 is 1.86 bits per heavy atom. The van der Waals surface area contributed by atoms with Gasteiger partial charge in [0.2, 0.25) is 0 Å². The first-order valence-electron chi connectivity index (χ1n) is 6.84. The fourth-order valence-electron chi connectivity index (χ4n) is 1.90. The van der Waals surface area contributed by atoms with E-state index in [1.807, 2.05) is 0 Å². The molecule has 1 N–H and O–H groups in total. The first-order valence-corrected chi connectivity index (χ1v) is 9.32. The van der Waals surface area contributed by atoms with Gasteiger partial charge >= 0.3 is 7.60 Å². The van der Waals surface area contributed by atoms with E-state index in [1.54, 1.807) is 26.0 Å². The number of Topliss-reactive ketones (excluding diaryl/α,β-unsaturated/α-hetero) is 1. The van der Waals surface area contributed by atoms with Gasteiger partial charge in [0.15, 0.2) is 0 Å². The van der Waals surface area contributed by atoms with Gasteiger partial charge in [-0.1, -0.05) is 29.3 Å². The molecule has 0 spiro atoms. The smallest absolute Gasteiger partial charge is 0.338 e. The van der Waals surface area contributed by atoms with Crippen LogP contribution in [0.25, 0.3) is 0 Å². The van der Waals surface area contributed by atoms with Gasteiger partial charge in [-0.25, -0.2) is 0 Å². The summed E-state index contributed by atoms with van der Waals surface area (Å²) in [5.74, 6) is -0.427. The van der Waals surface area contributed by atoms with Crippen LogP contribution in [-0.4, -0.2) is 30.3 Å². The van der Waals surface area contributed by atoms with Crippen molar-refractivity contribution in [3.63, 3.8) is 0 Å². The van der Waals surface area contributed by atoms with E-state index in [1.165, 1.54) is 6.07 Å². The van der Waals surface area contributed by atoms with Crippen LogP contribution in [0.15, 0.2) is 18.2 Å². The Kier molecular flexibility index (Phi) is 8.04. The third kappa shape index (κ3) is 5.99. The van der Waals surface area contributed by atoms with E-state index in [4.69, 9.17) is 32.2 Å². The molecule has 0 amide bonds. The van der Waals surface area contributed by atoms with Crippen molar-refractivity contribution in [2.45, 2.75) is 26.4 Å². The van der Waals surface area contributed by atoms with Crippen LogP contribution in [0.2, 0.25) is 10.0 Å². The average molecular weight is 369 g/mol. The first kappa shape index (κ1) is 19.6. The van der Waals surface area contributed by atoms with Crippen LogP contribution >= 0.6 is 30.8 Å². The number of hydrogen-bond donors (Lipinski definition) is 1. The molecular formula is C14H19Cl2O5P. The van der Waals surface area contributed by atoms with Gasteiger partial charge in [-0.15, -0.1) is 0 Å². The highest BCUT2D eigenvalue weighted by Crippen LogP contribution is 2.48. The molecule has 0 aliphatic carbocycles. The Bertz CT molecular complexity index is 554. The quantitative estimate of drug-likeness (QED) is 0.659. The minimum Gasteiger partial charge on any atom is -0.388 e. The summed E-state index contributed by atoms with van der Waals surface area (Å²) in [6, 6.07) is 4.60. The minimum atomic E-state index is -3.46. The fourth-order valence-corrected chi connectivity index (χ4v) is 4.04. The Labute approximate surface area is 140 Å². The zero-order chi connectivity index (χ0) is 16.8. The molecule has 22 heavy (non-hydrogen) atoms. The predicted molar refractivity (Wildman–Crippen MR) is 86.8 cm³/mol. The van der Waals surface area contributed by atoms with Crippen molar-refractivity contribution >= 4 is 36.6 Å². The maximum Gasteiger partial charge on any atom is 0.338 e. The first-order chi connectivity index (χ1) is 10.3. The number of aliphatic hydroxyl groups is 1. The predicted octanol–water partition coefficient (Wildman–Crippen LogP) is 4.25. The lowest BCUT2D eigenvalue weighted by atomic mass is 10.0. The van der Waals surface area contributed by atoms with Crippen molar-refractivity contribution < 1.29 is 23.5 Å². The van der Waals surface area contributed by atoms with Crippen LogP contribution in [-0.2, 0) is 18.4 Å². The molecule has 1 atom stereocenters. The number of aliphatic hydroxyl groups excluding tert-OH is 1. The van der Waals surface area contributed by atoms with E-state index >= 15 is 0 Å². The standard InChI is InChI=1S/C14H19Cl2O5P/c1-3-20-22(19,21-4-2)9-11(17)8-14(18)12-6-5-10(15)7-13(12)16/h5-7,14,18H,3-4,8-9H2,1-2H3. The molecular weight excluding hydrogens is 350 g/mol. The molecule has 5 nitrogen and oxygen atoms in total. The lowest BCUT2D eigenvalue weighted by molar-refractivity contribution is -0.118. The van der Waals surface area contributed by atoms with Gasteiger partial charge in [0.05, 0.1) is 19.3 Å². The van der Waals surface area contributed by atoms with Gasteiger partial charge in [-0.05, 0) is 31.5 Å². The Hall–Kier alpha value is -0.420. The zero-order valence-electron chi connectivity index (χ0n) is 12.4. The van der Waals surface area contributed by atoms with Crippen LogP contribution in [0.4, 0.5) is 0 Å². The molecule has 124 valence electrons. The van der Waals surface area contributed by atoms with Crippen molar-refractivity contribution in [2.24, 2.45) is 0 Å². The monoisotopic (exact) mass is 368 g/mol. The summed E-state index contributed by atoms with van der Waals surface area (Å²) in [5.41, 5.74) is 0.391. The van der Waals surface area contributed by atoms with E-state index in [0.717, 1.165) is 0 Å². The number of carbonyl (C=O) groups excluding carboxylic acids is 1. The molecule has 0 aliphatic rings. The number of halogens is 2. The molecule has 0 radical (unpaired) electrons. The third-order valence-corrected chi connectivity index (χ3v) is 5.37. The maximum atomic E-state index is 12.3. The van der Waals surface area contributed by atoms with Gasteiger partial charge in [-0.2, -0.15) is 0 Å². The molecule has 1 unspecified atom stereocenters. The normalized spacial score (nSPS) is 13.1. The van der Waals surface area contributed by atoms with E-state index in [0.29, 0.717) is 10.6 Å². The Morgan fingerprint density at radius 1 is 1.27 bits per heavy atom. The summed E-state index contributed by atoms with van der Waals surface area (Å²) < 4.78 is 22.4. The molecule has 1 rings (SSSR count). The van der Waals surface area contributed by atoms with Crippen LogP contribution in [0.3, 0.4) is 0 Å². The van der Waals surface area contributed by atoms with Gasteiger partial charge in [0, 0.05) is 16.5 Å². The van der Waals surface area contributed by atoms with Crippen molar-refractivity contribution in [1.29, 1.82) is 0 Å². The molecule has 8 heteroatoms.